The molecule has 12 heteroatoms. The Morgan fingerprint density at radius 2 is 1.72 bits per heavy atom. The maximum absolute atomic E-state index is 13.0. The summed E-state index contributed by atoms with van der Waals surface area (Å²) in [6, 6.07) is 19.0. The molecule has 4 aromatic rings. The number of hydrogen-bond acceptors (Lipinski definition) is 9. The van der Waals surface area contributed by atoms with E-state index in [1.165, 1.54) is 24.5 Å². The Kier molecular flexibility index (Phi) is 7.64. The molecule has 39 heavy (non-hydrogen) atoms. The molecule has 0 saturated carbocycles. The molecule has 1 amide bonds. The van der Waals surface area contributed by atoms with E-state index in [0.717, 1.165) is 36.4 Å². The highest BCUT2D eigenvalue weighted by molar-refractivity contribution is 7.92. The van der Waals surface area contributed by atoms with E-state index >= 15 is 0 Å². The second-order valence-electron chi connectivity index (χ2n) is 8.98. The molecule has 5 rings (SSSR count). The van der Waals surface area contributed by atoms with Gasteiger partial charge in [0.25, 0.3) is 10.0 Å². The van der Waals surface area contributed by atoms with Gasteiger partial charge in [0, 0.05) is 36.7 Å². The number of nitrogens with zero attached hydrogens (tertiary/aromatic N) is 5. The van der Waals surface area contributed by atoms with Crippen LogP contribution >= 0.6 is 0 Å². The fraction of sp³-hybridized carbons (Fsp3) is 0.222. The molecular formula is C27H27N7O4S. The van der Waals surface area contributed by atoms with Crippen LogP contribution in [-0.4, -0.2) is 54.7 Å². The number of ether oxygens (including phenoxy) is 1. The van der Waals surface area contributed by atoms with E-state index < -0.39 is 10.0 Å². The first kappa shape index (κ1) is 26.0. The van der Waals surface area contributed by atoms with E-state index in [0.29, 0.717) is 18.1 Å². The first-order valence-corrected chi connectivity index (χ1v) is 13.8. The smallest absolute Gasteiger partial charge is 0.264 e. The van der Waals surface area contributed by atoms with Crippen LogP contribution in [0, 0.1) is 5.92 Å². The Morgan fingerprint density at radius 1 is 0.974 bits per heavy atom. The molecule has 2 aromatic carbocycles. The average molecular weight is 546 g/mol. The van der Waals surface area contributed by atoms with Gasteiger partial charge in [-0.05, 0) is 79.6 Å². The fourth-order valence-electron chi connectivity index (χ4n) is 4.30. The number of carbonyl (C=O) groups is 1. The molecule has 1 aliphatic rings. The lowest BCUT2D eigenvalue weighted by atomic mass is 9.97. The lowest BCUT2D eigenvalue weighted by molar-refractivity contribution is -0.120. The number of piperidine rings is 1. The maximum atomic E-state index is 13.0. The number of nitrogens with one attached hydrogen (secondary N) is 2. The van der Waals surface area contributed by atoms with Gasteiger partial charge in [-0.2, -0.15) is 0 Å². The first-order chi connectivity index (χ1) is 18.9. The molecule has 1 fully saturated rings. The van der Waals surface area contributed by atoms with Crippen LogP contribution in [0.5, 0.6) is 5.75 Å². The van der Waals surface area contributed by atoms with Crippen molar-refractivity contribution in [2.45, 2.75) is 17.7 Å². The minimum Gasteiger partial charge on any atom is -0.497 e. The van der Waals surface area contributed by atoms with E-state index in [2.05, 4.69) is 35.1 Å². The van der Waals surface area contributed by atoms with Crippen LogP contribution in [0.25, 0.3) is 11.3 Å². The summed E-state index contributed by atoms with van der Waals surface area (Å²) < 4.78 is 32.7. The quantitative estimate of drug-likeness (QED) is 0.340. The van der Waals surface area contributed by atoms with E-state index in [1.807, 2.05) is 36.4 Å². The number of aromatic nitrogens is 4. The Hall–Kier alpha value is -4.58. The topological polar surface area (TPSA) is 139 Å². The third-order valence-electron chi connectivity index (χ3n) is 6.38. The van der Waals surface area contributed by atoms with Crippen molar-refractivity contribution in [2.75, 3.05) is 35.1 Å². The molecule has 200 valence electrons. The Labute approximate surface area is 226 Å². The summed E-state index contributed by atoms with van der Waals surface area (Å²) in [5, 5.41) is 11.7. The molecule has 0 radical (unpaired) electrons. The SMILES string of the molecule is COc1ccc(-c2ccc(N3CCCC(C(=O)Nc4ccc(S(=O)(=O)Nc5ncccn5)cc4)C3)nn2)cc1. The second-order valence-corrected chi connectivity index (χ2v) is 10.7. The zero-order valence-electron chi connectivity index (χ0n) is 21.2. The van der Waals surface area contributed by atoms with E-state index in [1.54, 1.807) is 25.3 Å². The fourth-order valence-corrected chi connectivity index (χ4v) is 5.26. The third-order valence-corrected chi connectivity index (χ3v) is 7.72. The number of carbonyl (C=O) groups excluding carboxylic acids is 1. The van der Waals surface area contributed by atoms with Crippen molar-refractivity contribution in [3.63, 3.8) is 0 Å². The molecule has 1 unspecified atom stereocenters. The highest BCUT2D eigenvalue weighted by Gasteiger charge is 2.27. The van der Waals surface area contributed by atoms with Crippen molar-refractivity contribution >= 4 is 33.4 Å². The number of rotatable bonds is 8. The summed E-state index contributed by atoms with van der Waals surface area (Å²) in [5.74, 6) is 1.10. The van der Waals surface area contributed by atoms with Gasteiger partial charge in [0.15, 0.2) is 5.82 Å². The van der Waals surface area contributed by atoms with Crippen molar-refractivity contribution < 1.29 is 17.9 Å². The second kappa shape index (κ2) is 11.4. The highest BCUT2D eigenvalue weighted by atomic mass is 32.2. The van der Waals surface area contributed by atoms with Gasteiger partial charge < -0.3 is 15.0 Å². The summed E-state index contributed by atoms with van der Waals surface area (Å²) in [6.07, 6.45) is 4.47. The number of benzene rings is 2. The number of amides is 1. The zero-order chi connectivity index (χ0) is 27.2. The molecule has 0 bridgehead atoms. The lowest BCUT2D eigenvalue weighted by Gasteiger charge is -2.32. The van der Waals surface area contributed by atoms with Crippen LogP contribution in [0.3, 0.4) is 0 Å². The largest absolute Gasteiger partial charge is 0.497 e. The molecule has 1 atom stereocenters. The number of sulfonamides is 1. The number of hydrogen-bond donors (Lipinski definition) is 2. The normalized spacial score (nSPS) is 15.4. The Bertz CT molecular complexity index is 1520. The average Bonchev–Trinajstić information content (AvgIpc) is 2.98. The Morgan fingerprint density at radius 3 is 2.38 bits per heavy atom. The van der Waals surface area contributed by atoms with Crippen LogP contribution in [0.1, 0.15) is 12.8 Å². The molecule has 2 N–H and O–H groups in total. The predicted molar refractivity (Wildman–Crippen MR) is 147 cm³/mol. The number of methoxy groups -OCH3 is 1. The van der Waals surface area contributed by atoms with Gasteiger partial charge >= 0.3 is 0 Å². The van der Waals surface area contributed by atoms with Crippen molar-refractivity contribution in [1.82, 2.24) is 20.2 Å². The zero-order valence-corrected chi connectivity index (χ0v) is 22.0. The molecule has 1 aliphatic heterocycles. The van der Waals surface area contributed by atoms with Gasteiger partial charge in [0.05, 0.1) is 23.6 Å². The van der Waals surface area contributed by atoms with E-state index in [4.69, 9.17) is 4.74 Å². The van der Waals surface area contributed by atoms with Crippen LogP contribution in [0.15, 0.2) is 84.0 Å². The van der Waals surface area contributed by atoms with Crippen molar-refractivity contribution in [1.29, 1.82) is 0 Å². The van der Waals surface area contributed by atoms with Crippen molar-refractivity contribution in [2.24, 2.45) is 5.92 Å². The summed E-state index contributed by atoms with van der Waals surface area (Å²) in [6.45, 7) is 1.29. The first-order valence-electron chi connectivity index (χ1n) is 12.4. The monoisotopic (exact) mass is 545 g/mol. The highest BCUT2D eigenvalue weighted by Crippen LogP contribution is 2.25. The molecule has 2 aromatic heterocycles. The van der Waals surface area contributed by atoms with Crippen molar-refractivity contribution in [3.05, 3.63) is 79.1 Å². The van der Waals surface area contributed by atoms with Gasteiger partial charge in [-0.15, -0.1) is 10.2 Å². The molecule has 3 heterocycles. The van der Waals surface area contributed by atoms with Gasteiger partial charge in [0.1, 0.15) is 5.75 Å². The Balaban J connectivity index is 1.19. The summed E-state index contributed by atoms with van der Waals surface area (Å²) in [7, 11) is -2.23. The third kappa shape index (κ3) is 6.29. The van der Waals surface area contributed by atoms with Gasteiger partial charge in [0.2, 0.25) is 11.9 Å². The molecule has 0 aliphatic carbocycles. The van der Waals surface area contributed by atoms with Crippen LogP contribution in [-0.2, 0) is 14.8 Å². The van der Waals surface area contributed by atoms with Crippen LogP contribution < -0.4 is 19.7 Å². The standard InChI is InChI=1S/C27H27N7O4S/c1-38-22-9-5-19(6-10-22)24-13-14-25(32-31-24)34-17-2-4-20(18-34)26(35)30-21-7-11-23(12-8-21)39(36,37)33-27-28-15-3-16-29-27/h3,5-16,20H,2,4,17-18H2,1H3,(H,30,35)(H,28,29,33). The van der Waals surface area contributed by atoms with E-state index in [9.17, 15) is 13.2 Å². The van der Waals surface area contributed by atoms with Gasteiger partial charge in [-0.1, -0.05) is 0 Å². The minimum atomic E-state index is -3.85. The summed E-state index contributed by atoms with van der Waals surface area (Å²) >= 11 is 0. The summed E-state index contributed by atoms with van der Waals surface area (Å²) in [5.41, 5.74) is 2.20. The molecule has 0 spiro atoms. The molecular weight excluding hydrogens is 518 g/mol. The van der Waals surface area contributed by atoms with Crippen molar-refractivity contribution in [3.8, 4) is 17.0 Å². The molecule has 11 nitrogen and oxygen atoms in total. The lowest BCUT2D eigenvalue weighted by Crippen LogP contribution is -2.41. The maximum Gasteiger partial charge on any atom is 0.264 e. The van der Waals surface area contributed by atoms with Gasteiger partial charge in [-0.25, -0.2) is 23.1 Å². The minimum absolute atomic E-state index is 0.0169. The van der Waals surface area contributed by atoms with Crippen LogP contribution in [0.4, 0.5) is 17.5 Å². The van der Waals surface area contributed by atoms with Gasteiger partial charge in [-0.3, -0.25) is 4.79 Å². The van der Waals surface area contributed by atoms with E-state index in [-0.39, 0.29) is 22.7 Å². The molecule has 1 saturated heterocycles. The van der Waals surface area contributed by atoms with Crippen LogP contribution in [0.2, 0.25) is 0 Å². The predicted octanol–water partition coefficient (Wildman–Crippen LogP) is 3.60. The summed E-state index contributed by atoms with van der Waals surface area (Å²) in [4.78, 5) is 22.9. The number of anilines is 3.